The van der Waals surface area contributed by atoms with E-state index in [0.717, 1.165) is 0 Å². The lowest BCUT2D eigenvalue weighted by Crippen LogP contribution is -2.62. The molecule has 114 valence electrons. The van der Waals surface area contributed by atoms with Crippen molar-refractivity contribution in [1.29, 1.82) is 0 Å². The lowest BCUT2D eigenvalue weighted by atomic mass is 9.75. The quantitative estimate of drug-likeness (QED) is 0.799. The van der Waals surface area contributed by atoms with Crippen LogP contribution < -0.4 is 5.32 Å². The van der Waals surface area contributed by atoms with E-state index in [-0.39, 0.29) is 24.8 Å². The lowest BCUT2D eigenvalue weighted by Gasteiger charge is -2.41. The Morgan fingerprint density at radius 2 is 2.10 bits per heavy atom. The normalized spacial score (nSPS) is 25.8. The summed E-state index contributed by atoms with van der Waals surface area (Å²) < 4.78 is 27.8. The van der Waals surface area contributed by atoms with Crippen LogP contribution in [-0.2, 0) is 9.59 Å². The van der Waals surface area contributed by atoms with Gasteiger partial charge in [-0.1, -0.05) is 0 Å². The van der Waals surface area contributed by atoms with E-state index in [1.807, 2.05) is 13.8 Å². The van der Waals surface area contributed by atoms with Gasteiger partial charge in [-0.25, -0.2) is 0 Å². The first-order valence-electron chi connectivity index (χ1n) is 6.91. The number of aliphatic hydroxyl groups is 1. The highest BCUT2D eigenvalue weighted by molar-refractivity contribution is 5.92. The molecule has 1 saturated carbocycles. The molecule has 0 bridgehead atoms. The fourth-order valence-electron chi connectivity index (χ4n) is 2.63. The fourth-order valence-corrected chi connectivity index (χ4v) is 2.63. The van der Waals surface area contributed by atoms with Crippen LogP contribution in [0.3, 0.4) is 0 Å². The van der Waals surface area contributed by atoms with Crippen molar-refractivity contribution >= 4 is 11.8 Å². The van der Waals surface area contributed by atoms with Crippen LogP contribution in [0.25, 0.3) is 0 Å². The van der Waals surface area contributed by atoms with Crippen LogP contribution in [0.4, 0.5) is 8.78 Å². The van der Waals surface area contributed by atoms with Gasteiger partial charge in [-0.2, -0.15) is 8.78 Å². The number of likely N-dealkylation sites (tertiary alicyclic amines) is 1. The second-order valence-corrected chi connectivity index (χ2v) is 5.90. The monoisotopic (exact) mass is 290 g/mol. The Labute approximate surface area is 116 Å². The molecule has 7 heteroatoms. The molecule has 0 aromatic carbocycles. The number of nitrogens with zero attached hydrogens (tertiary/aromatic N) is 1. The number of rotatable bonds is 4. The average Bonchev–Trinajstić information content (AvgIpc) is 2.67. The van der Waals surface area contributed by atoms with Gasteiger partial charge in [0, 0.05) is 12.6 Å². The number of carbonyl (C=O) groups is 2. The van der Waals surface area contributed by atoms with Crippen molar-refractivity contribution < 1.29 is 23.5 Å². The van der Waals surface area contributed by atoms with Crippen molar-refractivity contribution in [2.24, 2.45) is 0 Å². The van der Waals surface area contributed by atoms with Gasteiger partial charge in [0.15, 0.2) is 0 Å². The number of hydrogen-bond donors (Lipinski definition) is 2. The maximum atomic E-state index is 13.9. The Balaban J connectivity index is 2.00. The zero-order valence-corrected chi connectivity index (χ0v) is 11.7. The molecule has 1 aliphatic carbocycles. The summed E-state index contributed by atoms with van der Waals surface area (Å²) in [6.45, 7) is 4.10. The molecule has 20 heavy (non-hydrogen) atoms. The molecule has 0 aromatic heterocycles. The Morgan fingerprint density at radius 3 is 2.50 bits per heavy atom. The van der Waals surface area contributed by atoms with Gasteiger partial charge >= 0.3 is 5.92 Å². The summed E-state index contributed by atoms with van der Waals surface area (Å²) in [6.07, 6.45) is 0.606. The molecule has 1 unspecified atom stereocenters. The third-order valence-electron chi connectivity index (χ3n) is 4.22. The second-order valence-electron chi connectivity index (χ2n) is 5.90. The topological polar surface area (TPSA) is 69.6 Å². The van der Waals surface area contributed by atoms with Crippen LogP contribution in [0.2, 0.25) is 0 Å². The molecule has 2 N–H and O–H groups in total. The molecular weight excluding hydrogens is 270 g/mol. The van der Waals surface area contributed by atoms with E-state index in [1.165, 1.54) is 0 Å². The van der Waals surface area contributed by atoms with E-state index in [2.05, 4.69) is 5.32 Å². The maximum absolute atomic E-state index is 13.9. The lowest BCUT2D eigenvalue weighted by molar-refractivity contribution is -0.216. The van der Waals surface area contributed by atoms with Gasteiger partial charge < -0.3 is 15.3 Å². The predicted molar refractivity (Wildman–Crippen MR) is 67.1 cm³/mol. The minimum absolute atomic E-state index is 0.0271. The van der Waals surface area contributed by atoms with Crippen molar-refractivity contribution in [2.75, 3.05) is 6.54 Å². The Morgan fingerprint density at radius 1 is 1.50 bits per heavy atom. The number of hydrogen-bond acceptors (Lipinski definition) is 3. The summed E-state index contributed by atoms with van der Waals surface area (Å²) in [7, 11) is 0. The standard InChI is InChI=1S/C13H20F2N2O3/c1-8(2)17-7-4-9(10(17)18)16-11(19)13(14,15)12(20)5-3-6-12/h8-9,20H,3-7H2,1-2H3,(H,16,19). The first kappa shape index (κ1) is 15.2. The van der Waals surface area contributed by atoms with Crippen molar-refractivity contribution in [3.8, 4) is 0 Å². The highest BCUT2D eigenvalue weighted by atomic mass is 19.3. The smallest absolute Gasteiger partial charge is 0.352 e. The molecule has 0 aromatic rings. The zero-order valence-electron chi connectivity index (χ0n) is 11.7. The van der Waals surface area contributed by atoms with E-state index in [9.17, 15) is 23.5 Å². The summed E-state index contributed by atoms with van der Waals surface area (Å²) in [6, 6.07) is -0.944. The fraction of sp³-hybridized carbons (Fsp3) is 0.846. The molecule has 2 amide bonds. The van der Waals surface area contributed by atoms with E-state index in [0.29, 0.717) is 19.4 Å². The van der Waals surface area contributed by atoms with Crippen LogP contribution >= 0.6 is 0 Å². The van der Waals surface area contributed by atoms with Crippen LogP contribution in [-0.4, -0.2) is 52.0 Å². The van der Waals surface area contributed by atoms with Gasteiger partial charge in [0.1, 0.15) is 11.6 Å². The number of amides is 2. The molecular formula is C13H20F2N2O3. The predicted octanol–water partition coefficient (Wildman–Crippen LogP) is 0.662. The Kier molecular flexibility index (Phi) is 3.75. The SMILES string of the molecule is CC(C)N1CCC(NC(=O)C(F)(F)C2(O)CCC2)C1=O. The third kappa shape index (κ3) is 2.28. The minimum atomic E-state index is -3.85. The molecule has 1 atom stereocenters. The van der Waals surface area contributed by atoms with E-state index in [4.69, 9.17) is 0 Å². The molecule has 1 saturated heterocycles. The van der Waals surface area contributed by atoms with Crippen LogP contribution in [0.5, 0.6) is 0 Å². The van der Waals surface area contributed by atoms with Crippen molar-refractivity contribution in [3.05, 3.63) is 0 Å². The molecule has 1 heterocycles. The summed E-state index contributed by atoms with van der Waals surface area (Å²) in [5.74, 6) is -5.75. The number of alkyl halides is 2. The van der Waals surface area contributed by atoms with Gasteiger partial charge in [-0.05, 0) is 39.5 Å². The molecule has 2 aliphatic rings. The molecule has 5 nitrogen and oxygen atoms in total. The van der Waals surface area contributed by atoms with Gasteiger partial charge in [-0.15, -0.1) is 0 Å². The number of nitrogens with one attached hydrogen (secondary N) is 1. The summed E-state index contributed by atoms with van der Waals surface area (Å²) in [4.78, 5) is 25.2. The van der Waals surface area contributed by atoms with Crippen molar-refractivity contribution in [3.63, 3.8) is 0 Å². The van der Waals surface area contributed by atoms with Crippen LogP contribution in [0.15, 0.2) is 0 Å². The minimum Gasteiger partial charge on any atom is -0.383 e. The zero-order chi connectivity index (χ0) is 15.1. The summed E-state index contributed by atoms with van der Waals surface area (Å²) in [5.41, 5.74) is -2.25. The molecule has 1 aliphatic heterocycles. The Bertz CT molecular complexity index is 422. The first-order valence-corrected chi connectivity index (χ1v) is 6.91. The first-order chi connectivity index (χ1) is 9.19. The number of halogens is 2. The molecule has 2 fully saturated rings. The average molecular weight is 290 g/mol. The maximum Gasteiger partial charge on any atom is 0.352 e. The van der Waals surface area contributed by atoms with Gasteiger partial charge in [0.2, 0.25) is 5.91 Å². The van der Waals surface area contributed by atoms with Gasteiger partial charge in [0.05, 0.1) is 0 Å². The van der Waals surface area contributed by atoms with E-state index < -0.39 is 23.5 Å². The van der Waals surface area contributed by atoms with Crippen molar-refractivity contribution in [1.82, 2.24) is 10.2 Å². The highest BCUT2D eigenvalue weighted by Gasteiger charge is 2.61. The van der Waals surface area contributed by atoms with Crippen LogP contribution in [0.1, 0.15) is 39.5 Å². The molecule has 2 rings (SSSR count). The largest absolute Gasteiger partial charge is 0.383 e. The summed E-state index contributed by atoms with van der Waals surface area (Å²) >= 11 is 0. The number of carbonyl (C=O) groups excluding carboxylic acids is 2. The highest BCUT2D eigenvalue weighted by Crippen LogP contribution is 2.44. The van der Waals surface area contributed by atoms with Gasteiger partial charge in [0.25, 0.3) is 5.91 Å². The molecule has 0 spiro atoms. The van der Waals surface area contributed by atoms with E-state index >= 15 is 0 Å². The third-order valence-corrected chi connectivity index (χ3v) is 4.22. The van der Waals surface area contributed by atoms with Gasteiger partial charge in [-0.3, -0.25) is 9.59 Å². The van der Waals surface area contributed by atoms with E-state index in [1.54, 1.807) is 4.90 Å². The molecule has 0 radical (unpaired) electrons. The van der Waals surface area contributed by atoms with Crippen molar-refractivity contribution in [2.45, 2.75) is 63.1 Å². The Hall–Kier alpha value is -1.24. The van der Waals surface area contributed by atoms with Crippen LogP contribution in [0, 0.1) is 0 Å². The second kappa shape index (κ2) is 4.95. The summed E-state index contributed by atoms with van der Waals surface area (Å²) in [5, 5.41) is 11.8.